The quantitative estimate of drug-likeness (QED) is 0.554. The van der Waals surface area contributed by atoms with E-state index in [9.17, 15) is 14.4 Å². The van der Waals surface area contributed by atoms with Gasteiger partial charge in [0.05, 0.1) is 11.4 Å². The van der Waals surface area contributed by atoms with Gasteiger partial charge >= 0.3 is 6.03 Å². The third-order valence-electron chi connectivity index (χ3n) is 3.50. The van der Waals surface area contributed by atoms with E-state index in [4.69, 9.17) is 0 Å². The van der Waals surface area contributed by atoms with Crippen LogP contribution in [-0.4, -0.2) is 24.1 Å². The first-order chi connectivity index (χ1) is 12.0. The second-order valence-corrected chi connectivity index (χ2v) is 6.92. The number of carbonyl (C=O) groups excluding carboxylic acids is 3. The number of urea groups is 1. The van der Waals surface area contributed by atoms with Gasteiger partial charge in [-0.1, -0.05) is 28.1 Å². The molecule has 0 radical (unpaired) electrons. The number of para-hydroxylation sites is 1. The summed E-state index contributed by atoms with van der Waals surface area (Å²) in [4.78, 5) is 41.9. The third-order valence-corrected chi connectivity index (χ3v) is 4.70. The van der Waals surface area contributed by atoms with Crippen molar-refractivity contribution < 1.29 is 14.4 Å². The van der Waals surface area contributed by atoms with Gasteiger partial charge in [-0.25, -0.2) is 9.69 Å². The van der Waals surface area contributed by atoms with E-state index in [-0.39, 0.29) is 0 Å². The van der Waals surface area contributed by atoms with Gasteiger partial charge in [-0.3, -0.25) is 19.9 Å². The van der Waals surface area contributed by atoms with E-state index in [2.05, 4.69) is 42.2 Å². The zero-order valence-corrected chi connectivity index (χ0v) is 15.8. The lowest BCUT2D eigenvalue weighted by Gasteiger charge is -2.28. The molecular weight excluding hydrogens is 454 g/mol. The Bertz CT molecular complexity index is 881. The molecule has 0 bridgehead atoms. The van der Waals surface area contributed by atoms with Crippen molar-refractivity contribution in [1.29, 1.82) is 0 Å². The van der Waals surface area contributed by atoms with Crippen molar-refractivity contribution in [2.45, 2.75) is 0 Å². The number of amides is 4. The monoisotopic (exact) mass is 463 g/mol. The van der Waals surface area contributed by atoms with Crippen LogP contribution >= 0.6 is 31.9 Å². The fourth-order valence-electron chi connectivity index (χ4n) is 2.27. The van der Waals surface area contributed by atoms with Crippen molar-refractivity contribution >= 4 is 67.3 Å². The van der Waals surface area contributed by atoms with Crippen LogP contribution in [0.15, 0.2) is 62.5 Å². The Morgan fingerprint density at radius 1 is 1.00 bits per heavy atom. The number of hydrogen-bond acceptors (Lipinski definition) is 4. The molecule has 1 fully saturated rings. The number of barbiturate groups is 1. The highest BCUT2D eigenvalue weighted by atomic mass is 79.9. The summed E-state index contributed by atoms with van der Waals surface area (Å²) >= 11 is 6.64. The van der Waals surface area contributed by atoms with E-state index in [1.54, 1.807) is 42.5 Å². The highest BCUT2D eigenvalue weighted by molar-refractivity contribution is 9.10. The number of nitrogens with one attached hydrogen (secondary N) is 1. The molecule has 4 amide bonds. The van der Waals surface area contributed by atoms with E-state index < -0.39 is 23.8 Å². The molecule has 0 aromatic heterocycles. The molecule has 1 N–H and O–H groups in total. The fraction of sp³-hybridized carbons (Fsp3) is 0.0588. The minimum absolute atomic E-state index is 0.373. The molecule has 1 aliphatic rings. The molecule has 1 aliphatic heterocycles. The second kappa shape index (κ2) is 7.28. The molecule has 1 heterocycles. The topological polar surface area (TPSA) is 78.8 Å². The van der Waals surface area contributed by atoms with Gasteiger partial charge in [0.2, 0.25) is 5.91 Å². The molecule has 1 atom stereocenters. The van der Waals surface area contributed by atoms with Crippen LogP contribution in [0.5, 0.6) is 0 Å². The van der Waals surface area contributed by atoms with Crippen LogP contribution in [0.4, 0.5) is 16.2 Å². The van der Waals surface area contributed by atoms with Crippen LogP contribution < -0.4 is 10.2 Å². The van der Waals surface area contributed by atoms with Gasteiger partial charge in [-0.15, -0.1) is 0 Å². The molecule has 0 unspecified atom stereocenters. The standard InChI is InChI=1S/C17H11Br2N3O3/c18-10-5-7-11(8-6-10)22-16(24)12(15(23)21-17(22)25)9-20-14-4-2-1-3-13(14)19/h1-9,12H,(H,21,23,25)/t12-/m1/s1. The number of nitrogens with zero attached hydrogens (tertiary/aromatic N) is 2. The fourth-order valence-corrected chi connectivity index (χ4v) is 2.92. The summed E-state index contributed by atoms with van der Waals surface area (Å²) in [6, 6.07) is 13.0. The van der Waals surface area contributed by atoms with Gasteiger partial charge in [-0.2, -0.15) is 0 Å². The minimum atomic E-state index is -1.19. The lowest BCUT2D eigenvalue weighted by molar-refractivity contribution is -0.131. The lowest BCUT2D eigenvalue weighted by atomic mass is 10.1. The van der Waals surface area contributed by atoms with E-state index in [0.717, 1.165) is 13.8 Å². The summed E-state index contributed by atoms with van der Waals surface area (Å²) < 4.78 is 1.54. The van der Waals surface area contributed by atoms with Gasteiger partial charge in [0, 0.05) is 15.2 Å². The van der Waals surface area contributed by atoms with Crippen molar-refractivity contribution in [2.24, 2.45) is 10.9 Å². The number of rotatable bonds is 3. The average Bonchev–Trinajstić information content (AvgIpc) is 2.57. The Balaban J connectivity index is 1.90. The minimum Gasteiger partial charge on any atom is -0.276 e. The average molecular weight is 465 g/mol. The molecular formula is C17H11Br2N3O3. The van der Waals surface area contributed by atoms with Gasteiger partial charge < -0.3 is 0 Å². The summed E-state index contributed by atoms with van der Waals surface area (Å²) in [6.45, 7) is 0. The van der Waals surface area contributed by atoms with Gasteiger partial charge in [0.1, 0.15) is 0 Å². The highest BCUT2D eigenvalue weighted by Gasteiger charge is 2.40. The number of imide groups is 2. The van der Waals surface area contributed by atoms with E-state index >= 15 is 0 Å². The Hall–Kier alpha value is -2.32. The first-order valence-corrected chi connectivity index (χ1v) is 8.79. The second-order valence-electron chi connectivity index (χ2n) is 5.15. The van der Waals surface area contributed by atoms with Crippen LogP contribution in [0.3, 0.4) is 0 Å². The van der Waals surface area contributed by atoms with Crippen LogP contribution in [0, 0.1) is 5.92 Å². The SMILES string of the molecule is O=C1NC(=O)N(c2ccc(Br)cc2)C(=O)[C@@H]1C=Nc1ccccc1Br. The summed E-state index contributed by atoms with van der Waals surface area (Å²) in [5.74, 6) is -2.53. The summed E-state index contributed by atoms with van der Waals surface area (Å²) in [5.41, 5.74) is 0.952. The number of aliphatic imine (C=N–C) groups is 1. The Kier molecular flexibility index (Phi) is 5.10. The zero-order chi connectivity index (χ0) is 18.0. The Morgan fingerprint density at radius 3 is 2.36 bits per heavy atom. The molecule has 8 heteroatoms. The Morgan fingerprint density at radius 2 is 1.68 bits per heavy atom. The molecule has 6 nitrogen and oxygen atoms in total. The van der Waals surface area contributed by atoms with E-state index in [1.165, 1.54) is 6.21 Å². The lowest BCUT2D eigenvalue weighted by Crippen LogP contribution is -2.58. The molecule has 2 aromatic rings. The molecule has 0 aliphatic carbocycles. The Labute approximate surface area is 160 Å². The van der Waals surface area contributed by atoms with Crippen LogP contribution in [0.1, 0.15) is 0 Å². The van der Waals surface area contributed by atoms with Crippen molar-refractivity contribution in [2.75, 3.05) is 4.90 Å². The first-order valence-electron chi connectivity index (χ1n) is 7.20. The van der Waals surface area contributed by atoms with E-state index in [0.29, 0.717) is 11.4 Å². The molecule has 0 spiro atoms. The smallest absolute Gasteiger partial charge is 0.276 e. The normalized spacial score (nSPS) is 17.9. The van der Waals surface area contributed by atoms with Crippen molar-refractivity contribution in [3.05, 3.63) is 57.5 Å². The van der Waals surface area contributed by atoms with Crippen molar-refractivity contribution in [3.8, 4) is 0 Å². The molecule has 1 saturated heterocycles. The first kappa shape index (κ1) is 17.5. The molecule has 0 saturated carbocycles. The zero-order valence-electron chi connectivity index (χ0n) is 12.6. The predicted octanol–water partition coefficient (Wildman–Crippen LogP) is 3.81. The number of hydrogen-bond donors (Lipinski definition) is 1. The third kappa shape index (κ3) is 3.69. The summed E-state index contributed by atoms with van der Waals surface area (Å²) in [7, 11) is 0. The maximum Gasteiger partial charge on any atom is 0.335 e. The molecule has 25 heavy (non-hydrogen) atoms. The van der Waals surface area contributed by atoms with Gasteiger partial charge in [0.15, 0.2) is 5.92 Å². The van der Waals surface area contributed by atoms with E-state index in [1.807, 2.05) is 6.07 Å². The summed E-state index contributed by atoms with van der Waals surface area (Å²) in [5, 5.41) is 2.19. The molecule has 2 aromatic carbocycles. The van der Waals surface area contributed by atoms with Crippen LogP contribution in [0.2, 0.25) is 0 Å². The van der Waals surface area contributed by atoms with Crippen LogP contribution in [0.25, 0.3) is 0 Å². The highest BCUT2D eigenvalue weighted by Crippen LogP contribution is 2.26. The number of benzene rings is 2. The summed E-state index contributed by atoms with van der Waals surface area (Å²) in [6.07, 6.45) is 1.25. The molecule has 126 valence electrons. The predicted molar refractivity (Wildman–Crippen MR) is 101 cm³/mol. The maximum absolute atomic E-state index is 12.7. The molecule has 3 rings (SSSR count). The number of halogens is 2. The van der Waals surface area contributed by atoms with Crippen LogP contribution in [-0.2, 0) is 9.59 Å². The van der Waals surface area contributed by atoms with Crippen molar-refractivity contribution in [1.82, 2.24) is 5.32 Å². The van der Waals surface area contributed by atoms with Gasteiger partial charge in [-0.05, 0) is 52.3 Å². The largest absolute Gasteiger partial charge is 0.335 e. The number of anilines is 1. The maximum atomic E-state index is 12.7. The van der Waals surface area contributed by atoms with Gasteiger partial charge in [0.25, 0.3) is 5.91 Å². The van der Waals surface area contributed by atoms with Crippen molar-refractivity contribution in [3.63, 3.8) is 0 Å². The number of carbonyl (C=O) groups is 3.